The zero-order valence-corrected chi connectivity index (χ0v) is 18.8. The van der Waals surface area contributed by atoms with E-state index in [1.807, 2.05) is 37.3 Å². The fourth-order valence-electron chi connectivity index (χ4n) is 2.66. The van der Waals surface area contributed by atoms with E-state index in [9.17, 15) is 4.79 Å². The molecule has 0 atom stereocenters. The quantitative estimate of drug-likeness (QED) is 0.302. The van der Waals surface area contributed by atoms with E-state index in [4.69, 9.17) is 44.3 Å². The van der Waals surface area contributed by atoms with Gasteiger partial charge in [0.1, 0.15) is 6.61 Å². The van der Waals surface area contributed by atoms with Crippen LogP contribution in [0.15, 0.2) is 65.8 Å². The molecule has 0 aliphatic heterocycles. The summed E-state index contributed by atoms with van der Waals surface area (Å²) in [6.45, 7) is 2.66. The van der Waals surface area contributed by atoms with Crippen LogP contribution in [0.5, 0.6) is 11.5 Å². The molecule has 0 bridgehead atoms. The van der Waals surface area contributed by atoms with E-state index in [2.05, 4.69) is 10.5 Å². The van der Waals surface area contributed by atoms with Crippen LogP contribution in [0.3, 0.4) is 0 Å². The van der Waals surface area contributed by atoms with Crippen molar-refractivity contribution in [2.24, 2.45) is 5.10 Å². The summed E-state index contributed by atoms with van der Waals surface area (Å²) in [4.78, 5) is 12.2. The van der Waals surface area contributed by atoms with Crippen molar-refractivity contribution in [2.45, 2.75) is 13.5 Å². The summed E-state index contributed by atoms with van der Waals surface area (Å²) in [5.41, 5.74) is 4.42. The first kappa shape index (κ1) is 22.9. The van der Waals surface area contributed by atoms with Crippen LogP contribution in [0.1, 0.15) is 28.4 Å². The molecule has 0 aliphatic carbocycles. The molecule has 0 heterocycles. The van der Waals surface area contributed by atoms with Gasteiger partial charge in [-0.3, -0.25) is 4.79 Å². The van der Waals surface area contributed by atoms with E-state index in [1.165, 1.54) is 12.3 Å². The van der Waals surface area contributed by atoms with Crippen LogP contribution in [-0.2, 0) is 6.61 Å². The number of carbonyl (C=O) groups excluding carboxylic acids is 1. The Labute approximate surface area is 195 Å². The second-order valence-electron chi connectivity index (χ2n) is 6.37. The lowest BCUT2D eigenvalue weighted by molar-refractivity contribution is 0.0955. The van der Waals surface area contributed by atoms with Gasteiger partial charge in [0.25, 0.3) is 5.91 Å². The Balaban J connectivity index is 1.72. The number of carbonyl (C=O) groups is 1. The summed E-state index contributed by atoms with van der Waals surface area (Å²) in [7, 11) is 0. The van der Waals surface area contributed by atoms with Crippen molar-refractivity contribution >= 4 is 46.9 Å². The molecule has 0 saturated carbocycles. The van der Waals surface area contributed by atoms with Crippen LogP contribution in [-0.4, -0.2) is 18.7 Å². The molecule has 8 heteroatoms. The number of halogens is 3. The maximum Gasteiger partial charge on any atom is 0.271 e. The number of benzene rings is 3. The Kier molecular flexibility index (Phi) is 8.18. The Morgan fingerprint density at radius 3 is 2.45 bits per heavy atom. The minimum Gasteiger partial charge on any atom is -0.490 e. The second-order valence-corrected chi connectivity index (χ2v) is 7.59. The summed E-state index contributed by atoms with van der Waals surface area (Å²) >= 11 is 18.2. The molecule has 1 N–H and O–H groups in total. The smallest absolute Gasteiger partial charge is 0.271 e. The Hall–Kier alpha value is -2.73. The summed E-state index contributed by atoms with van der Waals surface area (Å²) in [6, 6.07) is 17.7. The molecular weight excluding hydrogens is 459 g/mol. The molecule has 3 aromatic rings. The van der Waals surface area contributed by atoms with Crippen molar-refractivity contribution in [3.05, 3.63) is 92.4 Å². The number of hydrazone groups is 1. The standard InChI is InChI=1S/C23H19Cl3N2O3/c1-2-30-21-11-16(10-20(26)22(21)31-14-15-6-4-3-5-7-15)13-27-28-23(29)17-8-9-18(24)19(25)12-17/h3-13H,2,14H2,1H3,(H,28,29)/b27-13-. The van der Waals surface area contributed by atoms with Crippen molar-refractivity contribution < 1.29 is 14.3 Å². The lowest BCUT2D eigenvalue weighted by Crippen LogP contribution is -2.17. The van der Waals surface area contributed by atoms with Crippen LogP contribution in [0.2, 0.25) is 15.1 Å². The number of hydrogen-bond acceptors (Lipinski definition) is 4. The fraction of sp³-hybridized carbons (Fsp3) is 0.130. The second kappa shape index (κ2) is 11.0. The predicted molar refractivity (Wildman–Crippen MR) is 125 cm³/mol. The van der Waals surface area contributed by atoms with E-state index in [1.54, 1.807) is 24.3 Å². The van der Waals surface area contributed by atoms with Gasteiger partial charge in [0.15, 0.2) is 11.5 Å². The van der Waals surface area contributed by atoms with E-state index < -0.39 is 5.91 Å². The Morgan fingerprint density at radius 1 is 0.968 bits per heavy atom. The first-order valence-electron chi connectivity index (χ1n) is 9.39. The third-order valence-electron chi connectivity index (χ3n) is 4.12. The van der Waals surface area contributed by atoms with Gasteiger partial charge in [-0.1, -0.05) is 65.1 Å². The SMILES string of the molecule is CCOc1cc(/C=N\NC(=O)c2ccc(Cl)c(Cl)c2)cc(Cl)c1OCc1ccccc1. The van der Waals surface area contributed by atoms with Crippen molar-refractivity contribution in [1.29, 1.82) is 0 Å². The van der Waals surface area contributed by atoms with Gasteiger partial charge in [-0.15, -0.1) is 0 Å². The first-order valence-corrected chi connectivity index (χ1v) is 10.5. The maximum atomic E-state index is 12.2. The summed E-state index contributed by atoms with van der Waals surface area (Å²) in [6.07, 6.45) is 1.46. The Morgan fingerprint density at radius 2 is 1.74 bits per heavy atom. The topological polar surface area (TPSA) is 59.9 Å². The highest BCUT2D eigenvalue weighted by molar-refractivity contribution is 6.42. The van der Waals surface area contributed by atoms with Gasteiger partial charge in [-0.25, -0.2) is 5.43 Å². The zero-order valence-electron chi connectivity index (χ0n) is 16.6. The molecule has 0 aromatic heterocycles. The number of hydrogen-bond donors (Lipinski definition) is 1. The minimum absolute atomic E-state index is 0.289. The van der Waals surface area contributed by atoms with Crippen molar-refractivity contribution in [3.8, 4) is 11.5 Å². The summed E-state index contributed by atoms with van der Waals surface area (Å²) in [5, 5.41) is 5.01. The van der Waals surface area contributed by atoms with Crippen molar-refractivity contribution in [2.75, 3.05) is 6.61 Å². The zero-order chi connectivity index (χ0) is 22.2. The van der Waals surface area contributed by atoms with Crippen LogP contribution in [0.25, 0.3) is 0 Å². The average molecular weight is 478 g/mol. The molecule has 0 saturated heterocycles. The van der Waals surface area contributed by atoms with Gasteiger partial charge in [0.2, 0.25) is 0 Å². The molecule has 31 heavy (non-hydrogen) atoms. The first-order chi connectivity index (χ1) is 15.0. The monoisotopic (exact) mass is 476 g/mol. The van der Waals surface area contributed by atoms with Crippen LogP contribution in [0.4, 0.5) is 0 Å². The molecule has 1 amide bonds. The fourth-order valence-corrected chi connectivity index (χ4v) is 3.23. The van der Waals surface area contributed by atoms with Crippen LogP contribution >= 0.6 is 34.8 Å². The maximum absolute atomic E-state index is 12.2. The highest BCUT2D eigenvalue weighted by atomic mass is 35.5. The molecule has 5 nitrogen and oxygen atoms in total. The molecule has 0 radical (unpaired) electrons. The molecule has 3 aromatic carbocycles. The highest BCUT2D eigenvalue weighted by Gasteiger charge is 2.13. The van der Waals surface area contributed by atoms with E-state index in [-0.39, 0.29) is 5.02 Å². The molecule has 0 aliphatic rings. The number of nitrogens with zero attached hydrogens (tertiary/aromatic N) is 1. The molecule has 0 spiro atoms. The third-order valence-corrected chi connectivity index (χ3v) is 5.14. The van der Waals surface area contributed by atoms with Gasteiger partial charge < -0.3 is 9.47 Å². The number of amides is 1. The lowest BCUT2D eigenvalue weighted by atomic mass is 10.2. The van der Waals surface area contributed by atoms with Crippen LogP contribution in [0, 0.1) is 0 Å². The summed E-state index contributed by atoms with van der Waals surface area (Å²) < 4.78 is 11.6. The van der Waals surface area contributed by atoms with Gasteiger partial charge in [-0.2, -0.15) is 5.10 Å². The molecular formula is C23H19Cl3N2O3. The molecule has 3 rings (SSSR count). The Bertz CT molecular complexity index is 1090. The molecule has 160 valence electrons. The van der Waals surface area contributed by atoms with E-state index in [0.29, 0.717) is 45.9 Å². The van der Waals surface area contributed by atoms with Gasteiger partial charge in [0.05, 0.1) is 27.9 Å². The highest BCUT2D eigenvalue weighted by Crippen LogP contribution is 2.37. The van der Waals surface area contributed by atoms with Gasteiger partial charge in [0, 0.05) is 5.56 Å². The molecule has 0 fully saturated rings. The van der Waals surface area contributed by atoms with Crippen molar-refractivity contribution in [3.63, 3.8) is 0 Å². The van der Waals surface area contributed by atoms with Gasteiger partial charge in [-0.05, 0) is 48.4 Å². The normalized spacial score (nSPS) is 10.8. The predicted octanol–water partition coefficient (Wildman–Crippen LogP) is 6.39. The van der Waals surface area contributed by atoms with E-state index in [0.717, 1.165) is 5.56 Å². The number of nitrogens with one attached hydrogen (secondary N) is 1. The summed E-state index contributed by atoms with van der Waals surface area (Å²) in [5.74, 6) is 0.515. The number of rotatable bonds is 8. The minimum atomic E-state index is -0.422. The van der Waals surface area contributed by atoms with Crippen molar-refractivity contribution in [1.82, 2.24) is 5.43 Å². The largest absolute Gasteiger partial charge is 0.490 e. The lowest BCUT2D eigenvalue weighted by Gasteiger charge is -2.14. The van der Waals surface area contributed by atoms with Gasteiger partial charge >= 0.3 is 0 Å². The molecule has 0 unspecified atom stereocenters. The average Bonchev–Trinajstić information content (AvgIpc) is 2.76. The third kappa shape index (κ3) is 6.37. The van der Waals surface area contributed by atoms with Crippen LogP contribution < -0.4 is 14.9 Å². The van der Waals surface area contributed by atoms with E-state index >= 15 is 0 Å². The number of ether oxygens (including phenoxy) is 2.